The number of hydrogen-bond donors (Lipinski definition) is 1. The Morgan fingerprint density at radius 3 is 3.23 bits per heavy atom. The van der Waals surface area contributed by atoms with Gasteiger partial charge in [0.25, 0.3) is 0 Å². The molecule has 13 heavy (non-hydrogen) atoms. The molecule has 64 valence electrons. The lowest BCUT2D eigenvalue weighted by Gasteiger charge is -1.97. The molecule has 0 saturated carbocycles. The minimum Gasteiger partial charge on any atom is -0.361 e. The first-order chi connectivity index (χ1) is 6.33. The SMILES string of the molecule is Cc1c[nH]c2ccnc(CC#N)c12. The first kappa shape index (κ1) is 7.81. The van der Waals surface area contributed by atoms with Gasteiger partial charge in [-0.2, -0.15) is 5.26 Å². The lowest BCUT2D eigenvalue weighted by molar-refractivity contribution is 1.14. The molecule has 2 heterocycles. The second-order valence-electron chi connectivity index (χ2n) is 2.99. The summed E-state index contributed by atoms with van der Waals surface area (Å²) < 4.78 is 0. The number of rotatable bonds is 1. The lowest BCUT2D eigenvalue weighted by Crippen LogP contribution is -1.88. The highest BCUT2D eigenvalue weighted by molar-refractivity contribution is 5.85. The molecule has 0 atom stereocenters. The Hall–Kier alpha value is -1.82. The average Bonchev–Trinajstić information content (AvgIpc) is 2.50. The zero-order valence-electron chi connectivity index (χ0n) is 7.33. The predicted octanol–water partition coefficient (Wildman–Crippen LogP) is 1.94. The van der Waals surface area contributed by atoms with E-state index in [1.807, 2.05) is 19.2 Å². The van der Waals surface area contributed by atoms with Crippen LogP contribution >= 0.6 is 0 Å². The van der Waals surface area contributed by atoms with Crippen molar-refractivity contribution in [3.05, 3.63) is 29.7 Å². The molecule has 3 heteroatoms. The van der Waals surface area contributed by atoms with E-state index in [2.05, 4.69) is 16.0 Å². The van der Waals surface area contributed by atoms with Gasteiger partial charge in [0.2, 0.25) is 0 Å². The fourth-order valence-electron chi connectivity index (χ4n) is 1.53. The van der Waals surface area contributed by atoms with Crippen LogP contribution in [0, 0.1) is 18.3 Å². The molecule has 2 aromatic heterocycles. The van der Waals surface area contributed by atoms with E-state index in [1.165, 1.54) is 0 Å². The standard InChI is InChI=1S/C10H9N3/c1-7-6-13-9-3-5-12-8(2-4-11)10(7)9/h3,5-6,13H,2H2,1H3. The van der Waals surface area contributed by atoms with E-state index in [9.17, 15) is 0 Å². The van der Waals surface area contributed by atoms with Crippen molar-refractivity contribution in [1.29, 1.82) is 5.26 Å². The van der Waals surface area contributed by atoms with Crippen molar-refractivity contribution in [2.75, 3.05) is 0 Å². The number of aromatic nitrogens is 2. The fraction of sp³-hybridized carbons (Fsp3) is 0.200. The number of aryl methyl sites for hydroxylation is 1. The third-order valence-electron chi connectivity index (χ3n) is 2.11. The van der Waals surface area contributed by atoms with Gasteiger partial charge in [-0.1, -0.05) is 0 Å². The van der Waals surface area contributed by atoms with Crippen LogP contribution in [0.1, 0.15) is 11.3 Å². The molecule has 1 N–H and O–H groups in total. The largest absolute Gasteiger partial charge is 0.361 e. The zero-order valence-corrected chi connectivity index (χ0v) is 7.33. The van der Waals surface area contributed by atoms with Gasteiger partial charge < -0.3 is 4.98 Å². The number of aromatic amines is 1. The molecule has 0 aliphatic heterocycles. The van der Waals surface area contributed by atoms with Gasteiger partial charge in [0, 0.05) is 23.3 Å². The van der Waals surface area contributed by atoms with Crippen LogP contribution in [0.2, 0.25) is 0 Å². The number of nitrogens with one attached hydrogen (secondary N) is 1. The Morgan fingerprint density at radius 1 is 1.62 bits per heavy atom. The minimum absolute atomic E-state index is 0.371. The van der Waals surface area contributed by atoms with E-state index in [4.69, 9.17) is 5.26 Å². The van der Waals surface area contributed by atoms with Crippen LogP contribution < -0.4 is 0 Å². The van der Waals surface area contributed by atoms with Crippen LogP contribution in [0.25, 0.3) is 10.9 Å². The van der Waals surface area contributed by atoms with Crippen molar-refractivity contribution < 1.29 is 0 Å². The van der Waals surface area contributed by atoms with E-state index in [-0.39, 0.29) is 0 Å². The summed E-state index contributed by atoms with van der Waals surface area (Å²) in [6, 6.07) is 4.04. The quantitative estimate of drug-likeness (QED) is 0.712. The summed E-state index contributed by atoms with van der Waals surface area (Å²) in [5, 5.41) is 9.69. The van der Waals surface area contributed by atoms with Crippen LogP contribution in [0.15, 0.2) is 18.5 Å². The average molecular weight is 171 g/mol. The van der Waals surface area contributed by atoms with Gasteiger partial charge in [0.1, 0.15) is 0 Å². The van der Waals surface area contributed by atoms with Crippen molar-refractivity contribution >= 4 is 10.9 Å². The zero-order chi connectivity index (χ0) is 9.26. The maximum absolute atomic E-state index is 8.61. The summed E-state index contributed by atoms with van der Waals surface area (Å²) in [6.07, 6.45) is 4.04. The van der Waals surface area contributed by atoms with Gasteiger partial charge in [-0.25, -0.2) is 0 Å². The summed E-state index contributed by atoms with van der Waals surface area (Å²) in [6.45, 7) is 2.02. The summed E-state index contributed by atoms with van der Waals surface area (Å²) in [7, 11) is 0. The Labute approximate surface area is 76.0 Å². The van der Waals surface area contributed by atoms with Gasteiger partial charge in [-0.15, -0.1) is 0 Å². The van der Waals surface area contributed by atoms with Gasteiger partial charge in [0.05, 0.1) is 18.2 Å². The van der Waals surface area contributed by atoms with Gasteiger partial charge in [-0.05, 0) is 18.6 Å². The molecule has 0 spiro atoms. The van der Waals surface area contributed by atoms with Crippen LogP contribution in [0.4, 0.5) is 0 Å². The molecule has 0 aromatic carbocycles. The van der Waals surface area contributed by atoms with Gasteiger partial charge in [-0.3, -0.25) is 4.98 Å². The Balaban J connectivity index is 2.74. The molecule has 0 aliphatic rings. The molecule has 0 aliphatic carbocycles. The molecule has 3 nitrogen and oxygen atoms in total. The monoisotopic (exact) mass is 171 g/mol. The third-order valence-corrected chi connectivity index (χ3v) is 2.11. The maximum atomic E-state index is 8.61. The maximum Gasteiger partial charge on any atom is 0.0781 e. The molecule has 0 amide bonds. The molecule has 0 fully saturated rings. The Morgan fingerprint density at radius 2 is 2.46 bits per heavy atom. The fourth-order valence-corrected chi connectivity index (χ4v) is 1.53. The smallest absolute Gasteiger partial charge is 0.0781 e. The predicted molar refractivity (Wildman–Crippen MR) is 50.1 cm³/mol. The minimum atomic E-state index is 0.371. The highest BCUT2D eigenvalue weighted by Crippen LogP contribution is 2.19. The van der Waals surface area contributed by atoms with E-state index >= 15 is 0 Å². The van der Waals surface area contributed by atoms with Crippen molar-refractivity contribution in [3.63, 3.8) is 0 Å². The highest BCUT2D eigenvalue weighted by atomic mass is 14.7. The highest BCUT2D eigenvalue weighted by Gasteiger charge is 2.05. The summed E-state index contributed by atoms with van der Waals surface area (Å²) >= 11 is 0. The number of nitriles is 1. The Kier molecular flexibility index (Phi) is 1.75. The molecule has 0 saturated heterocycles. The van der Waals surface area contributed by atoms with Crippen LogP contribution in [-0.4, -0.2) is 9.97 Å². The first-order valence-electron chi connectivity index (χ1n) is 4.11. The van der Waals surface area contributed by atoms with E-state index in [0.29, 0.717) is 6.42 Å². The topological polar surface area (TPSA) is 52.5 Å². The second kappa shape index (κ2) is 2.91. The molecular formula is C10H9N3. The summed E-state index contributed by atoms with van der Waals surface area (Å²) in [4.78, 5) is 7.32. The Bertz CT molecular complexity index is 476. The number of fused-ring (bicyclic) bond motifs is 1. The van der Waals surface area contributed by atoms with E-state index in [1.54, 1.807) is 6.20 Å². The second-order valence-corrected chi connectivity index (χ2v) is 2.99. The summed E-state index contributed by atoms with van der Waals surface area (Å²) in [5.74, 6) is 0. The van der Waals surface area contributed by atoms with E-state index < -0.39 is 0 Å². The van der Waals surface area contributed by atoms with Crippen molar-refractivity contribution in [2.45, 2.75) is 13.3 Å². The molecular weight excluding hydrogens is 162 g/mol. The van der Waals surface area contributed by atoms with Crippen molar-refractivity contribution in [2.24, 2.45) is 0 Å². The molecule has 0 bridgehead atoms. The number of hydrogen-bond acceptors (Lipinski definition) is 2. The number of H-pyrrole nitrogens is 1. The molecule has 0 unspecified atom stereocenters. The summed E-state index contributed by atoms with van der Waals surface area (Å²) in [5.41, 5.74) is 3.06. The van der Waals surface area contributed by atoms with Crippen molar-refractivity contribution in [1.82, 2.24) is 9.97 Å². The molecule has 2 aromatic rings. The number of pyridine rings is 1. The number of nitrogens with zero attached hydrogens (tertiary/aromatic N) is 2. The van der Waals surface area contributed by atoms with Gasteiger partial charge in [0.15, 0.2) is 0 Å². The molecule has 2 rings (SSSR count). The lowest BCUT2D eigenvalue weighted by atomic mass is 10.1. The van der Waals surface area contributed by atoms with Crippen molar-refractivity contribution in [3.8, 4) is 6.07 Å². The van der Waals surface area contributed by atoms with Crippen LogP contribution in [0.3, 0.4) is 0 Å². The molecule has 0 radical (unpaired) electrons. The first-order valence-corrected chi connectivity index (χ1v) is 4.11. The normalized spacial score (nSPS) is 10.2. The van der Waals surface area contributed by atoms with Gasteiger partial charge >= 0.3 is 0 Å². The van der Waals surface area contributed by atoms with Crippen LogP contribution in [0.5, 0.6) is 0 Å². The van der Waals surface area contributed by atoms with E-state index in [0.717, 1.165) is 22.2 Å². The van der Waals surface area contributed by atoms with Crippen LogP contribution in [-0.2, 0) is 6.42 Å². The third kappa shape index (κ3) is 1.17.